The van der Waals surface area contributed by atoms with E-state index in [4.69, 9.17) is 0 Å². The summed E-state index contributed by atoms with van der Waals surface area (Å²) in [4.78, 5) is 0. The van der Waals surface area contributed by atoms with Gasteiger partial charge in [-0.1, -0.05) is 91.4 Å². The first-order valence-corrected chi connectivity index (χ1v) is 8.86. The lowest BCUT2D eigenvalue weighted by molar-refractivity contribution is 0.748. The molecule has 24 heavy (non-hydrogen) atoms. The quantitative estimate of drug-likeness (QED) is 0.437. The summed E-state index contributed by atoms with van der Waals surface area (Å²) in [6.07, 6.45) is 3.37. The second-order valence-electron chi connectivity index (χ2n) is 6.79. The number of hydrogen-bond acceptors (Lipinski definition) is 0. The van der Waals surface area contributed by atoms with Crippen molar-refractivity contribution in [2.45, 2.75) is 39.0 Å². The van der Waals surface area contributed by atoms with E-state index in [9.17, 15) is 0 Å². The van der Waals surface area contributed by atoms with Crippen molar-refractivity contribution in [2.75, 3.05) is 0 Å². The van der Waals surface area contributed by atoms with Crippen LogP contribution in [0, 0.1) is 6.92 Å². The summed E-state index contributed by atoms with van der Waals surface area (Å²) in [6.45, 7) is 8.83. The van der Waals surface area contributed by atoms with Crippen molar-refractivity contribution >= 4 is 10.8 Å². The highest BCUT2D eigenvalue weighted by molar-refractivity contribution is 5.86. The Hall–Kier alpha value is -2.34. The van der Waals surface area contributed by atoms with Crippen LogP contribution in [0.25, 0.3) is 10.8 Å². The second kappa shape index (κ2) is 7.49. The average molecular weight is 314 g/mol. The maximum Gasteiger partial charge on any atom is 0.00232 e. The zero-order valence-electron chi connectivity index (χ0n) is 14.8. The molecule has 0 radical (unpaired) electrons. The fourth-order valence-electron chi connectivity index (χ4n) is 3.45. The van der Waals surface area contributed by atoms with Gasteiger partial charge in [0.2, 0.25) is 0 Å². The molecule has 0 aliphatic rings. The van der Waals surface area contributed by atoms with Crippen LogP contribution in [0.4, 0.5) is 0 Å². The van der Waals surface area contributed by atoms with E-state index in [2.05, 4.69) is 87.2 Å². The zero-order valence-corrected chi connectivity index (χ0v) is 14.8. The molecule has 1 unspecified atom stereocenters. The molecular weight excluding hydrogens is 288 g/mol. The molecule has 0 nitrogen and oxygen atoms in total. The van der Waals surface area contributed by atoms with E-state index in [-0.39, 0.29) is 0 Å². The molecule has 0 heterocycles. The summed E-state index contributed by atoms with van der Waals surface area (Å²) < 4.78 is 0. The molecule has 0 saturated carbocycles. The predicted molar refractivity (Wildman–Crippen MR) is 106 cm³/mol. The lowest BCUT2D eigenvalue weighted by Gasteiger charge is -2.17. The molecule has 0 amide bonds. The molecule has 0 bridgehead atoms. The third-order valence-electron chi connectivity index (χ3n) is 4.95. The van der Waals surface area contributed by atoms with Gasteiger partial charge >= 0.3 is 0 Å². The number of fused-ring (bicyclic) bond motifs is 1. The monoisotopic (exact) mass is 314 g/mol. The lowest BCUT2D eigenvalue weighted by atomic mass is 9.87. The van der Waals surface area contributed by atoms with Crippen molar-refractivity contribution in [1.29, 1.82) is 0 Å². The Morgan fingerprint density at radius 1 is 0.958 bits per heavy atom. The minimum Gasteiger partial charge on any atom is -0.0993 e. The highest BCUT2D eigenvalue weighted by atomic mass is 14.2. The first-order valence-electron chi connectivity index (χ1n) is 8.86. The van der Waals surface area contributed by atoms with Gasteiger partial charge in [0.1, 0.15) is 0 Å². The fourth-order valence-corrected chi connectivity index (χ4v) is 3.45. The van der Waals surface area contributed by atoms with Crippen molar-refractivity contribution in [2.24, 2.45) is 0 Å². The average Bonchev–Trinajstić information content (AvgIpc) is 2.60. The maximum atomic E-state index is 4.39. The molecule has 3 aromatic rings. The minimum atomic E-state index is 0.397. The van der Waals surface area contributed by atoms with Gasteiger partial charge in [-0.3, -0.25) is 0 Å². The Balaban J connectivity index is 1.66. The van der Waals surface area contributed by atoms with E-state index < -0.39 is 0 Å². The highest BCUT2D eigenvalue weighted by Gasteiger charge is 2.12. The summed E-state index contributed by atoms with van der Waals surface area (Å²) in [7, 11) is 0. The number of allylic oxidation sites excluding steroid dienone is 1. The molecule has 122 valence electrons. The lowest BCUT2D eigenvalue weighted by Crippen LogP contribution is -1.99. The molecule has 0 N–H and O–H groups in total. The van der Waals surface area contributed by atoms with Gasteiger partial charge in [0.25, 0.3) is 0 Å². The van der Waals surface area contributed by atoms with E-state index in [0.29, 0.717) is 5.92 Å². The number of aryl methyl sites for hydroxylation is 2. The van der Waals surface area contributed by atoms with Gasteiger partial charge in [-0.15, -0.1) is 0 Å². The van der Waals surface area contributed by atoms with Crippen molar-refractivity contribution in [1.82, 2.24) is 0 Å². The second-order valence-corrected chi connectivity index (χ2v) is 6.79. The van der Waals surface area contributed by atoms with Crippen molar-refractivity contribution in [3.05, 3.63) is 95.6 Å². The van der Waals surface area contributed by atoms with Crippen LogP contribution in [0.3, 0.4) is 0 Å². The third-order valence-corrected chi connectivity index (χ3v) is 4.95. The molecular formula is C24H26. The van der Waals surface area contributed by atoms with Crippen molar-refractivity contribution in [3.8, 4) is 0 Å². The molecule has 0 aliphatic heterocycles. The molecule has 0 heteroatoms. The van der Waals surface area contributed by atoms with E-state index in [0.717, 1.165) is 19.3 Å². The summed E-state index contributed by atoms with van der Waals surface area (Å²) >= 11 is 0. The molecule has 0 fully saturated rings. The Bertz CT molecular complexity index is 836. The fraction of sp³-hybridized carbons (Fsp3) is 0.250. The zero-order chi connectivity index (χ0) is 16.9. The van der Waals surface area contributed by atoms with E-state index in [1.165, 1.54) is 33.0 Å². The summed E-state index contributed by atoms with van der Waals surface area (Å²) in [5, 5.41) is 2.67. The molecule has 0 aromatic heterocycles. The summed E-state index contributed by atoms with van der Waals surface area (Å²) in [5.74, 6) is 0.397. The van der Waals surface area contributed by atoms with Crippen LogP contribution in [-0.4, -0.2) is 0 Å². The van der Waals surface area contributed by atoms with E-state index in [1.807, 2.05) is 0 Å². The van der Waals surface area contributed by atoms with Gasteiger partial charge in [0.15, 0.2) is 0 Å². The van der Waals surface area contributed by atoms with Crippen LogP contribution in [0.15, 0.2) is 78.9 Å². The van der Waals surface area contributed by atoms with Gasteiger partial charge in [-0.05, 0) is 48.1 Å². The van der Waals surface area contributed by atoms with Gasteiger partial charge < -0.3 is 0 Å². The Kier molecular flexibility index (Phi) is 5.15. The van der Waals surface area contributed by atoms with Crippen LogP contribution in [-0.2, 0) is 6.42 Å². The number of benzene rings is 3. The van der Waals surface area contributed by atoms with Gasteiger partial charge in [0.05, 0.1) is 0 Å². The Labute approximate surface area is 145 Å². The van der Waals surface area contributed by atoms with Gasteiger partial charge in [-0.25, -0.2) is 0 Å². The summed E-state index contributed by atoms with van der Waals surface area (Å²) in [5.41, 5.74) is 5.50. The van der Waals surface area contributed by atoms with Crippen LogP contribution in [0.1, 0.15) is 42.4 Å². The molecule has 0 aliphatic carbocycles. The first-order chi connectivity index (χ1) is 11.6. The maximum absolute atomic E-state index is 4.39. The van der Waals surface area contributed by atoms with Crippen LogP contribution in [0.5, 0.6) is 0 Å². The Morgan fingerprint density at radius 3 is 2.54 bits per heavy atom. The molecule has 0 saturated heterocycles. The SMILES string of the molecule is C=C(CCCc1cccc(C)c1)C(C)c1cccc2ccccc12. The van der Waals surface area contributed by atoms with Gasteiger partial charge in [0, 0.05) is 5.92 Å². The normalized spacial score (nSPS) is 12.2. The molecule has 1 atom stereocenters. The van der Waals surface area contributed by atoms with Crippen LogP contribution in [0.2, 0.25) is 0 Å². The highest BCUT2D eigenvalue weighted by Crippen LogP contribution is 2.31. The predicted octanol–water partition coefficient (Wildman–Crippen LogP) is 6.83. The van der Waals surface area contributed by atoms with Crippen molar-refractivity contribution in [3.63, 3.8) is 0 Å². The number of hydrogen-bond donors (Lipinski definition) is 0. The van der Waals surface area contributed by atoms with Crippen LogP contribution < -0.4 is 0 Å². The number of rotatable bonds is 6. The Morgan fingerprint density at radius 2 is 1.71 bits per heavy atom. The largest absolute Gasteiger partial charge is 0.0993 e. The molecule has 0 spiro atoms. The van der Waals surface area contributed by atoms with Gasteiger partial charge in [-0.2, -0.15) is 0 Å². The first kappa shape index (κ1) is 16.5. The minimum absolute atomic E-state index is 0.397. The third kappa shape index (κ3) is 3.76. The molecule has 3 rings (SSSR count). The summed E-state index contributed by atoms with van der Waals surface area (Å²) in [6, 6.07) is 24.1. The smallest absolute Gasteiger partial charge is 0.00232 e. The van der Waals surface area contributed by atoms with E-state index >= 15 is 0 Å². The molecule has 3 aromatic carbocycles. The standard InChI is InChI=1S/C24H26/c1-18-9-6-11-21(17-18)12-7-10-19(2)20(3)23-16-8-14-22-13-4-5-15-24(22)23/h4-6,8-9,11,13-17,20H,2,7,10,12H2,1,3H3. The van der Waals surface area contributed by atoms with E-state index in [1.54, 1.807) is 0 Å². The van der Waals surface area contributed by atoms with Crippen molar-refractivity contribution < 1.29 is 0 Å². The topological polar surface area (TPSA) is 0 Å². The van der Waals surface area contributed by atoms with Crippen LogP contribution >= 0.6 is 0 Å².